The van der Waals surface area contributed by atoms with Gasteiger partial charge in [-0.05, 0) is 25.5 Å². The fourth-order valence-electron chi connectivity index (χ4n) is 1.62. The van der Waals surface area contributed by atoms with E-state index in [9.17, 15) is 4.79 Å². The van der Waals surface area contributed by atoms with Crippen LogP contribution in [0.2, 0.25) is 5.15 Å². The van der Waals surface area contributed by atoms with Crippen LogP contribution in [0, 0.1) is 0 Å². The van der Waals surface area contributed by atoms with E-state index >= 15 is 0 Å². The molecule has 0 aliphatic rings. The number of carboxylic acids is 1. The minimum atomic E-state index is -0.993. The Kier molecular flexibility index (Phi) is 4.75. The predicted molar refractivity (Wildman–Crippen MR) is 69.0 cm³/mol. The molecular formula is C12H17ClN2O2. The predicted octanol–water partition coefficient (Wildman–Crippen LogP) is 3.06. The van der Waals surface area contributed by atoms with Gasteiger partial charge in [-0.3, -0.25) is 0 Å². The molecule has 1 aromatic heterocycles. The molecule has 94 valence electrons. The summed E-state index contributed by atoms with van der Waals surface area (Å²) in [5.41, 5.74) is 0.163. The molecule has 1 rings (SSSR count). The Labute approximate surface area is 106 Å². The van der Waals surface area contributed by atoms with Crippen molar-refractivity contribution in [3.63, 3.8) is 0 Å². The van der Waals surface area contributed by atoms with Gasteiger partial charge < -0.3 is 10.0 Å². The molecule has 1 atom stereocenters. The molecule has 1 unspecified atom stereocenters. The molecule has 0 aromatic carbocycles. The largest absolute Gasteiger partial charge is 0.478 e. The van der Waals surface area contributed by atoms with Crippen molar-refractivity contribution in [2.24, 2.45) is 0 Å². The van der Waals surface area contributed by atoms with Gasteiger partial charge in [-0.15, -0.1) is 0 Å². The van der Waals surface area contributed by atoms with Crippen molar-refractivity contribution in [2.75, 3.05) is 11.9 Å². The van der Waals surface area contributed by atoms with Crippen molar-refractivity contribution in [1.82, 2.24) is 4.98 Å². The molecule has 0 radical (unpaired) electrons. The molecule has 1 aromatic rings. The highest BCUT2D eigenvalue weighted by Gasteiger charge is 2.14. The molecule has 0 bridgehead atoms. The van der Waals surface area contributed by atoms with E-state index in [1.54, 1.807) is 6.07 Å². The number of anilines is 1. The Hall–Kier alpha value is -1.29. The molecule has 0 amide bonds. The third kappa shape index (κ3) is 3.60. The summed E-state index contributed by atoms with van der Waals surface area (Å²) >= 11 is 5.82. The zero-order chi connectivity index (χ0) is 13.0. The molecule has 17 heavy (non-hydrogen) atoms. The number of halogens is 1. The lowest BCUT2D eigenvalue weighted by atomic mass is 10.1. The smallest absolute Gasteiger partial charge is 0.335 e. The summed E-state index contributed by atoms with van der Waals surface area (Å²) in [7, 11) is 1.89. The van der Waals surface area contributed by atoms with Gasteiger partial charge in [0.1, 0.15) is 11.0 Å². The third-order valence-corrected chi connectivity index (χ3v) is 2.95. The second-order valence-electron chi connectivity index (χ2n) is 4.09. The quantitative estimate of drug-likeness (QED) is 0.823. The van der Waals surface area contributed by atoms with E-state index in [1.165, 1.54) is 6.07 Å². The van der Waals surface area contributed by atoms with E-state index < -0.39 is 5.97 Å². The zero-order valence-electron chi connectivity index (χ0n) is 10.3. The van der Waals surface area contributed by atoms with Gasteiger partial charge in [0.25, 0.3) is 0 Å². The fourth-order valence-corrected chi connectivity index (χ4v) is 1.83. The molecule has 0 aliphatic heterocycles. The minimum Gasteiger partial charge on any atom is -0.478 e. The second kappa shape index (κ2) is 5.87. The van der Waals surface area contributed by atoms with Gasteiger partial charge in [-0.1, -0.05) is 24.9 Å². The Morgan fingerprint density at radius 3 is 2.76 bits per heavy atom. The first-order chi connectivity index (χ1) is 7.95. The molecule has 5 heteroatoms. The standard InChI is InChI=1S/C12H17ClN2O2/c1-4-5-8(2)15(3)11-7-9(12(16)17)6-10(13)14-11/h6-8H,4-5H2,1-3H3,(H,16,17). The maximum atomic E-state index is 10.9. The average Bonchev–Trinajstić information content (AvgIpc) is 2.27. The Morgan fingerprint density at radius 1 is 1.59 bits per heavy atom. The number of aromatic carboxylic acids is 1. The number of carbonyl (C=O) groups is 1. The molecule has 1 N–H and O–H groups in total. The number of nitrogens with zero attached hydrogens (tertiary/aromatic N) is 2. The first-order valence-electron chi connectivity index (χ1n) is 5.59. The van der Waals surface area contributed by atoms with Crippen LogP contribution < -0.4 is 4.90 Å². The van der Waals surface area contributed by atoms with Crippen LogP contribution in [0.25, 0.3) is 0 Å². The SMILES string of the molecule is CCCC(C)N(C)c1cc(C(=O)O)cc(Cl)n1. The van der Waals surface area contributed by atoms with Gasteiger partial charge in [0.15, 0.2) is 0 Å². The van der Waals surface area contributed by atoms with Crippen molar-refractivity contribution in [3.05, 3.63) is 22.8 Å². The van der Waals surface area contributed by atoms with Gasteiger partial charge in [0, 0.05) is 13.1 Å². The minimum absolute atomic E-state index is 0.163. The van der Waals surface area contributed by atoms with Gasteiger partial charge in [-0.2, -0.15) is 0 Å². The summed E-state index contributed by atoms with van der Waals surface area (Å²) in [6.07, 6.45) is 2.09. The van der Waals surface area contributed by atoms with Crippen molar-refractivity contribution in [2.45, 2.75) is 32.7 Å². The molecule has 0 spiro atoms. The first-order valence-corrected chi connectivity index (χ1v) is 5.97. The van der Waals surface area contributed by atoms with Crippen LogP contribution in [0.15, 0.2) is 12.1 Å². The normalized spacial score (nSPS) is 12.2. The van der Waals surface area contributed by atoms with Crippen LogP contribution in [-0.2, 0) is 0 Å². The summed E-state index contributed by atoms with van der Waals surface area (Å²) in [6, 6.07) is 3.19. The number of carboxylic acid groups (broad SMARTS) is 1. The maximum absolute atomic E-state index is 10.9. The van der Waals surface area contributed by atoms with E-state index in [2.05, 4.69) is 18.8 Å². The van der Waals surface area contributed by atoms with Crippen molar-refractivity contribution >= 4 is 23.4 Å². The molecule has 4 nitrogen and oxygen atoms in total. The van der Waals surface area contributed by atoms with E-state index in [0.29, 0.717) is 11.9 Å². The highest BCUT2D eigenvalue weighted by molar-refractivity contribution is 6.29. The number of rotatable bonds is 5. The molecule has 1 heterocycles. The fraction of sp³-hybridized carbons (Fsp3) is 0.500. The van der Waals surface area contributed by atoms with E-state index in [0.717, 1.165) is 12.8 Å². The second-order valence-corrected chi connectivity index (χ2v) is 4.48. The molecular weight excluding hydrogens is 240 g/mol. The van der Waals surface area contributed by atoms with Gasteiger partial charge in [0.05, 0.1) is 5.56 Å². The van der Waals surface area contributed by atoms with Crippen LogP contribution in [0.3, 0.4) is 0 Å². The maximum Gasteiger partial charge on any atom is 0.335 e. The molecule has 0 saturated carbocycles. The van der Waals surface area contributed by atoms with E-state index in [4.69, 9.17) is 16.7 Å². The van der Waals surface area contributed by atoms with Crippen molar-refractivity contribution < 1.29 is 9.90 Å². The lowest BCUT2D eigenvalue weighted by molar-refractivity contribution is 0.0697. The number of hydrogen-bond donors (Lipinski definition) is 1. The first kappa shape index (κ1) is 13.8. The summed E-state index contributed by atoms with van der Waals surface area (Å²) in [6.45, 7) is 4.19. The third-order valence-electron chi connectivity index (χ3n) is 2.76. The highest BCUT2D eigenvalue weighted by atomic mass is 35.5. The molecule has 0 saturated heterocycles. The number of aromatic nitrogens is 1. The lowest BCUT2D eigenvalue weighted by Gasteiger charge is -2.26. The van der Waals surface area contributed by atoms with Gasteiger partial charge in [0.2, 0.25) is 0 Å². The Morgan fingerprint density at radius 2 is 2.24 bits per heavy atom. The monoisotopic (exact) mass is 256 g/mol. The Balaban J connectivity index is 3.01. The van der Waals surface area contributed by atoms with Crippen LogP contribution in [0.5, 0.6) is 0 Å². The summed E-state index contributed by atoms with van der Waals surface area (Å²) in [4.78, 5) is 17.0. The summed E-state index contributed by atoms with van der Waals surface area (Å²) < 4.78 is 0. The van der Waals surface area contributed by atoms with Crippen LogP contribution >= 0.6 is 11.6 Å². The summed E-state index contributed by atoms with van der Waals surface area (Å²) in [5, 5.41) is 9.16. The Bertz CT molecular complexity index is 409. The molecule has 0 fully saturated rings. The van der Waals surface area contributed by atoms with E-state index in [-0.39, 0.29) is 10.7 Å². The van der Waals surface area contributed by atoms with Crippen LogP contribution in [0.1, 0.15) is 37.0 Å². The van der Waals surface area contributed by atoms with Crippen LogP contribution in [-0.4, -0.2) is 29.1 Å². The van der Waals surface area contributed by atoms with Gasteiger partial charge >= 0.3 is 5.97 Å². The average molecular weight is 257 g/mol. The van der Waals surface area contributed by atoms with Crippen LogP contribution in [0.4, 0.5) is 5.82 Å². The summed E-state index contributed by atoms with van der Waals surface area (Å²) in [5.74, 6) is -0.400. The van der Waals surface area contributed by atoms with E-state index in [1.807, 2.05) is 11.9 Å². The van der Waals surface area contributed by atoms with Crippen molar-refractivity contribution in [3.8, 4) is 0 Å². The molecule has 0 aliphatic carbocycles. The topological polar surface area (TPSA) is 53.4 Å². The number of hydrogen-bond acceptors (Lipinski definition) is 3. The van der Waals surface area contributed by atoms with Gasteiger partial charge in [-0.25, -0.2) is 9.78 Å². The number of pyridine rings is 1. The zero-order valence-corrected chi connectivity index (χ0v) is 11.0. The highest BCUT2D eigenvalue weighted by Crippen LogP contribution is 2.20. The van der Waals surface area contributed by atoms with Crippen molar-refractivity contribution in [1.29, 1.82) is 0 Å². The lowest BCUT2D eigenvalue weighted by Crippen LogP contribution is -2.29.